The smallest absolute Gasteiger partial charge is 0.323 e. The van der Waals surface area contributed by atoms with Crippen LogP contribution in [0.4, 0.5) is 26.5 Å². The Labute approximate surface area is 145 Å². The summed E-state index contributed by atoms with van der Waals surface area (Å²) in [5, 5.41) is 5.33. The highest BCUT2D eigenvalue weighted by Gasteiger charge is 2.17. The molecule has 0 atom stereocenters. The monoisotopic (exact) mass is 345 g/mol. The van der Waals surface area contributed by atoms with Crippen LogP contribution in [-0.2, 0) is 4.74 Å². The first-order valence-electron chi connectivity index (χ1n) is 8.04. The lowest BCUT2D eigenvalue weighted by molar-refractivity contribution is 0.122. The van der Waals surface area contributed by atoms with Gasteiger partial charge in [0, 0.05) is 18.8 Å². The molecular formula is C17H20FN5O2. The molecule has 3 rings (SSSR count). The minimum Gasteiger partial charge on any atom is -0.378 e. The first-order chi connectivity index (χ1) is 12.0. The maximum Gasteiger partial charge on any atom is 0.323 e. The van der Waals surface area contributed by atoms with Crippen molar-refractivity contribution in [3.8, 4) is 0 Å². The van der Waals surface area contributed by atoms with Crippen molar-refractivity contribution < 1.29 is 13.9 Å². The minimum absolute atomic E-state index is 0.374. The predicted octanol–water partition coefficient (Wildman–Crippen LogP) is 2.71. The SMILES string of the molecule is Cc1nc(N2CCOCC2)nc(C)c1NC(=O)Nc1cccc(F)c1. The number of amides is 2. The fourth-order valence-electron chi connectivity index (χ4n) is 2.63. The van der Waals surface area contributed by atoms with Gasteiger partial charge in [-0.1, -0.05) is 6.07 Å². The van der Waals surface area contributed by atoms with Crippen LogP contribution in [0, 0.1) is 19.7 Å². The molecule has 1 fully saturated rings. The van der Waals surface area contributed by atoms with E-state index in [4.69, 9.17) is 4.74 Å². The van der Waals surface area contributed by atoms with Crippen molar-refractivity contribution in [1.82, 2.24) is 9.97 Å². The lowest BCUT2D eigenvalue weighted by Gasteiger charge is -2.27. The Morgan fingerprint density at radius 3 is 2.48 bits per heavy atom. The number of nitrogens with one attached hydrogen (secondary N) is 2. The number of aromatic nitrogens is 2. The zero-order chi connectivity index (χ0) is 17.8. The minimum atomic E-state index is -0.473. The number of benzene rings is 1. The van der Waals surface area contributed by atoms with E-state index in [1.165, 1.54) is 18.2 Å². The summed E-state index contributed by atoms with van der Waals surface area (Å²) in [7, 11) is 0. The number of ether oxygens (including phenoxy) is 1. The van der Waals surface area contributed by atoms with E-state index in [9.17, 15) is 9.18 Å². The fourth-order valence-corrected chi connectivity index (χ4v) is 2.63. The first-order valence-corrected chi connectivity index (χ1v) is 8.04. The Bertz CT molecular complexity index is 754. The summed E-state index contributed by atoms with van der Waals surface area (Å²) in [6.45, 7) is 6.42. The first kappa shape index (κ1) is 17.1. The molecule has 0 aliphatic carbocycles. The summed E-state index contributed by atoms with van der Waals surface area (Å²) < 4.78 is 18.5. The second kappa shape index (κ2) is 7.43. The van der Waals surface area contributed by atoms with Crippen LogP contribution in [0.3, 0.4) is 0 Å². The molecule has 0 unspecified atom stereocenters. The molecule has 8 heteroatoms. The van der Waals surface area contributed by atoms with Gasteiger partial charge in [-0.05, 0) is 32.0 Å². The standard InChI is InChI=1S/C17H20FN5O2/c1-11-15(22-17(24)21-14-5-3-4-13(18)10-14)12(2)20-16(19-11)23-6-8-25-9-7-23/h3-5,10H,6-9H2,1-2H3,(H2,21,22,24). The van der Waals surface area contributed by atoms with Gasteiger partial charge in [0.2, 0.25) is 5.95 Å². The fraction of sp³-hybridized carbons (Fsp3) is 0.353. The number of anilines is 3. The number of morpholine rings is 1. The van der Waals surface area contributed by atoms with Crippen LogP contribution >= 0.6 is 0 Å². The van der Waals surface area contributed by atoms with Crippen molar-refractivity contribution in [2.45, 2.75) is 13.8 Å². The zero-order valence-corrected chi connectivity index (χ0v) is 14.2. The summed E-state index contributed by atoms with van der Waals surface area (Å²) in [6.07, 6.45) is 0. The van der Waals surface area contributed by atoms with Crippen LogP contribution in [0.2, 0.25) is 0 Å². The summed E-state index contributed by atoms with van der Waals surface area (Å²) >= 11 is 0. The summed E-state index contributed by atoms with van der Waals surface area (Å²) in [5.74, 6) is 0.220. The van der Waals surface area contributed by atoms with Crippen LogP contribution in [0.15, 0.2) is 24.3 Å². The summed E-state index contributed by atoms with van der Waals surface area (Å²) in [5.41, 5.74) is 2.26. The Hall–Kier alpha value is -2.74. The highest BCUT2D eigenvalue weighted by atomic mass is 19.1. The topological polar surface area (TPSA) is 79.4 Å². The van der Waals surface area contributed by atoms with Crippen molar-refractivity contribution in [2.75, 3.05) is 41.8 Å². The normalized spacial score (nSPS) is 14.3. The van der Waals surface area contributed by atoms with E-state index in [1.54, 1.807) is 6.07 Å². The Kier molecular flexibility index (Phi) is 5.08. The molecular weight excluding hydrogens is 325 g/mol. The molecule has 2 aromatic rings. The average Bonchev–Trinajstić information content (AvgIpc) is 2.59. The molecule has 0 spiro atoms. The van der Waals surface area contributed by atoms with E-state index in [0.29, 0.717) is 41.9 Å². The van der Waals surface area contributed by atoms with E-state index >= 15 is 0 Å². The third kappa shape index (κ3) is 4.21. The number of halogens is 1. The predicted molar refractivity (Wildman–Crippen MR) is 93.6 cm³/mol. The second-order valence-electron chi connectivity index (χ2n) is 5.76. The van der Waals surface area contributed by atoms with Gasteiger partial charge in [0.1, 0.15) is 5.82 Å². The zero-order valence-electron chi connectivity index (χ0n) is 14.2. The third-order valence-corrected chi connectivity index (χ3v) is 3.87. The highest BCUT2D eigenvalue weighted by Crippen LogP contribution is 2.21. The lowest BCUT2D eigenvalue weighted by atomic mass is 10.3. The molecule has 2 N–H and O–H groups in total. The van der Waals surface area contributed by atoms with Crippen LogP contribution < -0.4 is 15.5 Å². The Morgan fingerprint density at radius 2 is 1.84 bits per heavy atom. The average molecular weight is 345 g/mol. The van der Waals surface area contributed by atoms with Crippen molar-refractivity contribution in [3.05, 3.63) is 41.5 Å². The van der Waals surface area contributed by atoms with E-state index in [1.807, 2.05) is 13.8 Å². The second-order valence-corrected chi connectivity index (χ2v) is 5.76. The highest BCUT2D eigenvalue weighted by molar-refractivity contribution is 6.00. The molecule has 1 aliphatic heterocycles. The molecule has 1 aromatic carbocycles. The number of carbonyl (C=O) groups is 1. The van der Waals surface area contributed by atoms with Gasteiger partial charge in [-0.3, -0.25) is 0 Å². The van der Waals surface area contributed by atoms with Gasteiger partial charge < -0.3 is 20.3 Å². The van der Waals surface area contributed by atoms with E-state index in [2.05, 4.69) is 25.5 Å². The van der Waals surface area contributed by atoms with Crippen LogP contribution in [0.5, 0.6) is 0 Å². The number of nitrogens with zero attached hydrogens (tertiary/aromatic N) is 3. The largest absolute Gasteiger partial charge is 0.378 e. The molecule has 25 heavy (non-hydrogen) atoms. The molecule has 1 saturated heterocycles. The molecule has 1 aromatic heterocycles. The number of hydrogen-bond donors (Lipinski definition) is 2. The number of rotatable bonds is 3. The van der Waals surface area contributed by atoms with Gasteiger partial charge >= 0.3 is 6.03 Å². The van der Waals surface area contributed by atoms with Gasteiger partial charge in [-0.15, -0.1) is 0 Å². The molecule has 2 amide bonds. The molecule has 7 nitrogen and oxygen atoms in total. The van der Waals surface area contributed by atoms with Crippen molar-refractivity contribution in [3.63, 3.8) is 0 Å². The summed E-state index contributed by atoms with van der Waals surface area (Å²) in [6, 6.07) is 5.23. The van der Waals surface area contributed by atoms with Crippen LogP contribution in [0.25, 0.3) is 0 Å². The quantitative estimate of drug-likeness (QED) is 0.894. The van der Waals surface area contributed by atoms with E-state index < -0.39 is 11.8 Å². The third-order valence-electron chi connectivity index (χ3n) is 3.87. The van der Waals surface area contributed by atoms with Gasteiger partial charge in [-0.25, -0.2) is 19.2 Å². The molecule has 2 heterocycles. The molecule has 0 bridgehead atoms. The van der Waals surface area contributed by atoms with E-state index in [-0.39, 0.29) is 0 Å². The Morgan fingerprint density at radius 1 is 1.16 bits per heavy atom. The van der Waals surface area contributed by atoms with Crippen molar-refractivity contribution >= 4 is 23.4 Å². The van der Waals surface area contributed by atoms with Crippen molar-refractivity contribution in [2.24, 2.45) is 0 Å². The number of aryl methyl sites for hydroxylation is 2. The molecule has 1 aliphatic rings. The Balaban J connectivity index is 1.72. The maximum absolute atomic E-state index is 13.2. The van der Waals surface area contributed by atoms with Crippen LogP contribution in [-0.4, -0.2) is 42.3 Å². The molecule has 0 radical (unpaired) electrons. The number of urea groups is 1. The van der Waals surface area contributed by atoms with E-state index in [0.717, 1.165) is 13.1 Å². The van der Waals surface area contributed by atoms with Gasteiger partial charge in [0.05, 0.1) is 30.3 Å². The lowest BCUT2D eigenvalue weighted by Crippen LogP contribution is -2.37. The van der Waals surface area contributed by atoms with Gasteiger partial charge in [0.15, 0.2) is 0 Å². The van der Waals surface area contributed by atoms with Crippen LogP contribution in [0.1, 0.15) is 11.4 Å². The van der Waals surface area contributed by atoms with Gasteiger partial charge in [-0.2, -0.15) is 0 Å². The molecule has 0 saturated carbocycles. The van der Waals surface area contributed by atoms with Gasteiger partial charge in [0.25, 0.3) is 0 Å². The maximum atomic E-state index is 13.2. The molecule has 132 valence electrons. The number of hydrogen-bond acceptors (Lipinski definition) is 5. The number of carbonyl (C=O) groups excluding carboxylic acids is 1. The van der Waals surface area contributed by atoms with Crippen molar-refractivity contribution in [1.29, 1.82) is 0 Å². The summed E-state index contributed by atoms with van der Waals surface area (Å²) in [4.78, 5) is 23.2.